The number of hydrogen-bond donors (Lipinski definition) is 0. The highest BCUT2D eigenvalue weighted by atomic mass is 32.2. The summed E-state index contributed by atoms with van der Waals surface area (Å²) >= 11 is 0. The Hall–Kier alpha value is -1.45. The fourth-order valence-electron chi connectivity index (χ4n) is 1.76. The zero-order chi connectivity index (χ0) is 14.0. The van der Waals surface area contributed by atoms with Crippen LogP contribution in [-0.4, -0.2) is 25.8 Å². The van der Waals surface area contributed by atoms with Gasteiger partial charge in [0.15, 0.2) is 0 Å². The Balaban J connectivity index is 2.35. The van der Waals surface area contributed by atoms with E-state index >= 15 is 0 Å². The fraction of sp³-hybridized carbons (Fsp3) is 0.385. The number of rotatable bonds is 5. The van der Waals surface area contributed by atoms with E-state index in [1.807, 2.05) is 0 Å². The van der Waals surface area contributed by atoms with Gasteiger partial charge in [0.25, 0.3) is 0 Å². The summed E-state index contributed by atoms with van der Waals surface area (Å²) in [6, 6.07) is 2.40. The second-order valence-corrected chi connectivity index (χ2v) is 6.43. The van der Waals surface area contributed by atoms with Crippen LogP contribution >= 0.6 is 0 Å². The van der Waals surface area contributed by atoms with Crippen molar-refractivity contribution in [2.24, 2.45) is 5.92 Å². The Morgan fingerprint density at radius 1 is 1.37 bits per heavy atom. The normalized spacial score (nSPS) is 15.5. The molecule has 0 radical (unpaired) electrons. The average Bonchev–Trinajstić information content (AvgIpc) is 3.11. The van der Waals surface area contributed by atoms with Gasteiger partial charge in [-0.05, 0) is 30.9 Å². The van der Waals surface area contributed by atoms with Crippen molar-refractivity contribution in [3.63, 3.8) is 0 Å². The Morgan fingerprint density at radius 3 is 2.58 bits per heavy atom. The van der Waals surface area contributed by atoms with E-state index in [4.69, 9.17) is 6.42 Å². The van der Waals surface area contributed by atoms with Gasteiger partial charge in [-0.2, -0.15) is 4.31 Å². The van der Waals surface area contributed by atoms with Gasteiger partial charge in [0.05, 0.1) is 6.54 Å². The maximum atomic E-state index is 13.6. The molecule has 1 aliphatic carbocycles. The Labute approximate surface area is 111 Å². The van der Waals surface area contributed by atoms with Crippen LogP contribution in [0.25, 0.3) is 0 Å². The second-order valence-electron chi connectivity index (χ2n) is 4.52. The molecule has 0 aromatic heterocycles. The van der Waals surface area contributed by atoms with Crippen LogP contribution < -0.4 is 0 Å². The second kappa shape index (κ2) is 5.27. The molecule has 0 amide bonds. The molecule has 6 heteroatoms. The summed E-state index contributed by atoms with van der Waals surface area (Å²) in [5, 5.41) is 0. The minimum atomic E-state index is -4.02. The molecule has 1 aromatic rings. The summed E-state index contributed by atoms with van der Waals surface area (Å²) in [6.07, 6.45) is 7.05. The molecule has 0 atom stereocenters. The molecule has 3 nitrogen and oxygen atoms in total. The van der Waals surface area contributed by atoms with Gasteiger partial charge in [-0.25, -0.2) is 17.2 Å². The van der Waals surface area contributed by atoms with Gasteiger partial charge >= 0.3 is 0 Å². The van der Waals surface area contributed by atoms with Gasteiger partial charge < -0.3 is 0 Å². The third kappa shape index (κ3) is 3.11. The van der Waals surface area contributed by atoms with E-state index in [9.17, 15) is 17.2 Å². The van der Waals surface area contributed by atoms with Crippen molar-refractivity contribution in [1.29, 1.82) is 0 Å². The maximum Gasteiger partial charge on any atom is 0.246 e. The van der Waals surface area contributed by atoms with Gasteiger partial charge in [-0.15, -0.1) is 6.42 Å². The van der Waals surface area contributed by atoms with Crippen LogP contribution in [0.2, 0.25) is 0 Å². The molecule has 1 fully saturated rings. The van der Waals surface area contributed by atoms with E-state index in [0.717, 1.165) is 29.3 Å². The van der Waals surface area contributed by atoms with E-state index in [1.54, 1.807) is 0 Å². The number of sulfonamides is 1. The van der Waals surface area contributed by atoms with Crippen LogP contribution in [0.3, 0.4) is 0 Å². The predicted molar refractivity (Wildman–Crippen MR) is 66.7 cm³/mol. The molecule has 1 aromatic carbocycles. The molecular formula is C13H13F2NO2S. The smallest absolute Gasteiger partial charge is 0.207 e. The van der Waals surface area contributed by atoms with Crippen LogP contribution in [0.5, 0.6) is 0 Å². The van der Waals surface area contributed by atoms with Gasteiger partial charge in [-0.1, -0.05) is 5.92 Å². The lowest BCUT2D eigenvalue weighted by Gasteiger charge is -2.20. The van der Waals surface area contributed by atoms with E-state index in [-0.39, 0.29) is 19.0 Å². The third-order valence-corrected chi connectivity index (χ3v) is 4.78. The maximum absolute atomic E-state index is 13.6. The van der Waals surface area contributed by atoms with Crippen molar-refractivity contribution in [3.05, 3.63) is 29.8 Å². The first-order valence-corrected chi connectivity index (χ1v) is 7.28. The van der Waals surface area contributed by atoms with Crippen molar-refractivity contribution in [1.82, 2.24) is 4.31 Å². The highest BCUT2D eigenvalue weighted by molar-refractivity contribution is 7.89. The zero-order valence-corrected chi connectivity index (χ0v) is 11.0. The largest absolute Gasteiger partial charge is 0.246 e. The van der Waals surface area contributed by atoms with Crippen molar-refractivity contribution < 1.29 is 17.2 Å². The lowest BCUT2D eigenvalue weighted by Crippen LogP contribution is -2.33. The summed E-state index contributed by atoms with van der Waals surface area (Å²) in [7, 11) is -4.02. The van der Waals surface area contributed by atoms with Crippen LogP contribution in [0.15, 0.2) is 23.1 Å². The molecule has 0 heterocycles. The first kappa shape index (κ1) is 14.0. The minimum absolute atomic E-state index is 0.115. The van der Waals surface area contributed by atoms with Gasteiger partial charge in [0, 0.05) is 12.6 Å². The number of nitrogens with zero attached hydrogens (tertiary/aromatic N) is 1. The molecule has 1 aliphatic rings. The molecule has 0 N–H and O–H groups in total. The summed E-state index contributed by atoms with van der Waals surface area (Å²) in [5.74, 6) is 0.625. The van der Waals surface area contributed by atoms with E-state index < -0.39 is 26.6 Å². The van der Waals surface area contributed by atoms with Crippen molar-refractivity contribution in [3.8, 4) is 12.3 Å². The SMILES string of the molecule is C#CCN(CC1CC1)S(=O)(=O)c1ccc(F)cc1F. The number of halogens is 2. The van der Waals surface area contributed by atoms with E-state index in [0.29, 0.717) is 6.07 Å². The first-order valence-electron chi connectivity index (χ1n) is 5.84. The van der Waals surface area contributed by atoms with Gasteiger partial charge in [0.1, 0.15) is 16.5 Å². The monoisotopic (exact) mass is 285 g/mol. The highest BCUT2D eigenvalue weighted by Gasteiger charge is 2.32. The zero-order valence-electron chi connectivity index (χ0n) is 10.1. The molecule has 19 heavy (non-hydrogen) atoms. The van der Waals surface area contributed by atoms with Crippen LogP contribution in [0.4, 0.5) is 8.78 Å². The number of terminal acetylenes is 1. The molecule has 0 bridgehead atoms. The van der Waals surface area contributed by atoms with Crippen molar-refractivity contribution in [2.45, 2.75) is 17.7 Å². The molecule has 102 valence electrons. The minimum Gasteiger partial charge on any atom is -0.207 e. The summed E-state index contributed by atoms with van der Waals surface area (Å²) in [6.45, 7) is 0.166. The first-order chi connectivity index (χ1) is 8.95. The molecule has 2 rings (SSSR count). The van der Waals surface area contributed by atoms with Gasteiger partial charge in [0.2, 0.25) is 10.0 Å². The molecular weight excluding hydrogens is 272 g/mol. The lowest BCUT2D eigenvalue weighted by atomic mass is 10.3. The quantitative estimate of drug-likeness (QED) is 0.776. The summed E-state index contributed by atoms with van der Waals surface area (Å²) in [4.78, 5) is -0.537. The topological polar surface area (TPSA) is 37.4 Å². The van der Waals surface area contributed by atoms with Crippen LogP contribution in [-0.2, 0) is 10.0 Å². The molecule has 0 spiro atoms. The standard InChI is InChI=1S/C13H13F2NO2S/c1-2-7-16(9-10-3-4-10)19(17,18)13-6-5-11(14)8-12(13)15/h1,5-6,8,10H,3-4,7,9H2. The van der Waals surface area contributed by atoms with Crippen LogP contribution in [0.1, 0.15) is 12.8 Å². The summed E-state index contributed by atoms with van der Waals surface area (Å²) < 4.78 is 52.1. The number of benzene rings is 1. The molecule has 0 unspecified atom stereocenters. The molecule has 0 aliphatic heterocycles. The van der Waals surface area contributed by atoms with Gasteiger partial charge in [-0.3, -0.25) is 0 Å². The molecule has 0 saturated heterocycles. The van der Waals surface area contributed by atoms with Crippen molar-refractivity contribution >= 4 is 10.0 Å². The Morgan fingerprint density at radius 2 is 2.05 bits per heavy atom. The Bertz CT molecular complexity index is 618. The van der Waals surface area contributed by atoms with E-state index in [1.165, 1.54) is 0 Å². The average molecular weight is 285 g/mol. The lowest BCUT2D eigenvalue weighted by molar-refractivity contribution is 0.425. The number of hydrogen-bond acceptors (Lipinski definition) is 2. The van der Waals surface area contributed by atoms with Crippen molar-refractivity contribution in [2.75, 3.05) is 13.1 Å². The van der Waals surface area contributed by atoms with Crippen LogP contribution in [0, 0.1) is 29.9 Å². The summed E-state index contributed by atoms with van der Waals surface area (Å²) in [5.41, 5.74) is 0. The van der Waals surface area contributed by atoms with E-state index in [2.05, 4.69) is 5.92 Å². The highest BCUT2D eigenvalue weighted by Crippen LogP contribution is 2.31. The third-order valence-electron chi connectivity index (χ3n) is 2.94. The molecule has 1 saturated carbocycles. The fourth-order valence-corrected chi connectivity index (χ4v) is 3.24. The predicted octanol–water partition coefficient (Wildman–Crippen LogP) is 2.00. The Kier molecular flexibility index (Phi) is 3.88.